The average Bonchev–Trinajstić information content (AvgIpc) is 3.25. The normalized spacial score (nSPS) is 17.8. The van der Waals surface area contributed by atoms with Gasteiger partial charge in [-0.25, -0.2) is 9.97 Å². The summed E-state index contributed by atoms with van der Waals surface area (Å²) in [6.07, 6.45) is 4.71. The largest absolute Gasteiger partial charge is 0.373 e. The molecule has 1 fully saturated rings. The van der Waals surface area contributed by atoms with Crippen LogP contribution in [0.25, 0.3) is 0 Å². The van der Waals surface area contributed by atoms with Gasteiger partial charge in [-0.15, -0.1) is 0 Å². The Hall–Kier alpha value is -1.00. The molecule has 0 aliphatic heterocycles. The van der Waals surface area contributed by atoms with Gasteiger partial charge >= 0.3 is 0 Å². The Kier molecular flexibility index (Phi) is 5.71. The molecule has 2 rings (SSSR count). The Bertz CT molecular complexity index is 448. The van der Waals surface area contributed by atoms with Crippen LogP contribution in [0, 0.1) is 13.8 Å². The molecule has 1 N–H and O–H groups in total. The Labute approximate surface area is 128 Å². The zero-order valence-electron chi connectivity index (χ0n) is 14.1. The van der Waals surface area contributed by atoms with Crippen LogP contribution in [0.15, 0.2) is 0 Å². The van der Waals surface area contributed by atoms with Crippen molar-refractivity contribution < 1.29 is 4.74 Å². The van der Waals surface area contributed by atoms with Crippen LogP contribution in [0.5, 0.6) is 0 Å². The molecule has 0 aromatic carbocycles. The molecule has 1 saturated carbocycles. The molecule has 0 amide bonds. The Morgan fingerprint density at radius 2 is 1.86 bits per heavy atom. The summed E-state index contributed by atoms with van der Waals surface area (Å²) in [5.41, 5.74) is 3.49. The van der Waals surface area contributed by atoms with Crippen LogP contribution >= 0.6 is 0 Å². The van der Waals surface area contributed by atoms with Crippen molar-refractivity contribution >= 4 is 0 Å². The van der Waals surface area contributed by atoms with Gasteiger partial charge in [0.15, 0.2) is 5.82 Å². The molecule has 0 radical (unpaired) electrons. The van der Waals surface area contributed by atoms with Crippen molar-refractivity contribution in [2.45, 2.75) is 71.4 Å². The van der Waals surface area contributed by atoms with Gasteiger partial charge < -0.3 is 10.1 Å². The van der Waals surface area contributed by atoms with Gasteiger partial charge in [-0.1, -0.05) is 20.3 Å². The van der Waals surface area contributed by atoms with Gasteiger partial charge in [0.1, 0.15) is 6.10 Å². The molecular formula is C17H29N3O. The number of nitrogens with one attached hydrogen (secondary N) is 1. The second-order valence-corrected chi connectivity index (χ2v) is 6.26. The Morgan fingerprint density at radius 1 is 1.24 bits per heavy atom. The molecule has 1 aliphatic carbocycles. The summed E-state index contributed by atoms with van der Waals surface area (Å²) in [6.45, 7) is 9.62. The zero-order valence-corrected chi connectivity index (χ0v) is 14.1. The molecule has 4 heteroatoms. The number of methoxy groups -OCH3 is 1. The van der Waals surface area contributed by atoms with E-state index in [-0.39, 0.29) is 6.10 Å². The third-order valence-corrected chi connectivity index (χ3v) is 4.25. The van der Waals surface area contributed by atoms with E-state index in [0.29, 0.717) is 5.92 Å². The van der Waals surface area contributed by atoms with Crippen molar-refractivity contribution in [2.24, 2.45) is 0 Å². The second kappa shape index (κ2) is 7.32. The third kappa shape index (κ3) is 4.24. The molecule has 0 bridgehead atoms. The van der Waals surface area contributed by atoms with Crippen LogP contribution in [-0.4, -0.2) is 29.7 Å². The number of aromatic nitrogens is 2. The maximum atomic E-state index is 5.54. The lowest BCUT2D eigenvalue weighted by Crippen LogP contribution is -2.24. The summed E-state index contributed by atoms with van der Waals surface area (Å²) in [6, 6.07) is 0.746. The quantitative estimate of drug-likeness (QED) is 0.797. The fourth-order valence-electron chi connectivity index (χ4n) is 2.96. The highest BCUT2D eigenvalue weighted by Crippen LogP contribution is 2.26. The molecule has 1 aromatic heterocycles. The third-order valence-electron chi connectivity index (χ3n) is 4.25. The van der Waals surface area contributed by atoms with Gasteiger partial charge in [-0.3, -0.25) is 0 Å². The summed E-state index contributed by atoms with van der Waals surface area (Å²) in [4.78, 5) is 9.45. The summed E-state index contributed by atoms with van der Waals surface area (Å²) in [5.74, 6) is 1.28. The zero-order chi connectivity index (χ0) is 15.4. The first kappa shape index (κ1) is 16.4. The Balaban J connectivity index is 2.14. The highest BCUT2D eigenvalue weighted by atomic mass is 16.5. The Morgan fingerprint density at radius 3 is 2.33 bits per heavy atom. The average molecular weight is 291 g/mol. The molecule has 0 spiro atoms. The minimum absolute atomic E-state index is 0.0151. The molecule has 1 heterocycles. The lowest BCUT2D eigenvalue weighted by Gasteiger charge is -2.20. The molecule has 2 unspecified atom stereocenters. The first-order chi connectivity index (χ1) is 10.1. The highest BCUT2D eigenvalue weighted by Gasteiger charge is 2.23. The standard InChI is InChI=1S/C17H29N3O/c1-6-7-15(21-5)17-19-12(3)16(13(4)20-17)11(2)10-18-14-8-9-14/h11,14-15,18H,6-10H2,1-5H3. The minimum Gasteiger partial charge on any atom is -0.373 e. The van der Waals surface area contributed by atoms with E-state index in [1.807, 2.05) is 0 Å². The number of nitrogens with zero attached hydrogens (tertiary/aromatic N) is 2. The van der Waals surface area contributed by atoms with Crippen molar-refractivity contribution in [2.75, 3.05) is 13.7 Å². The summed E-state index contributed by atoms with van der Waals surface area (Å²) < 4.78 is 5.54. The predicted octanol–water partition coefficient (Wildman–Crippen LogP) is 3.44. The number of ether oxygens (including phenoxy) is 1. The number of aryl methyl sites for hydroxylation is 2. The van der Waals surface area contributed by atoms with Crippen molar-refractivity contribution in [3.05, 3.63) is 22.8 Å². The van der Waals surface area contributed by atoms with E-state index >= 15 is 0 Å². The fourth-order valence-corrected chi connectivity index (χ4v) is 2.96. The topological polar surface area (TPSA) is 47.0 Å². The van der Waals surface area contributed by atoms with Crippen molar-refractivity contribution in [3.8, 4) is 0 Å². The second-order valence-electron chi connectivity index (χ2n) is 6.26. The SMILES string of the molecule is CCCC(OC)c1nc(C)c(C(C)CNC2CC2)c(C)n1. The van der Waals surface area contributed by atoms with Gasteiger partial charge in [0.05, 0.1) is 0 Å². The van der Waals surface area contributed by atoms with E-state index in [4.69, 9.17) is 14.7 Å². The van der Waals surface area contributed by atoms with Gasteiger partial charge in [0.2, 0.25) is 0 Å². The fraction of sp³-hybridized carbons (Fsp3) is 0.765. The van der Waals surface area contributed by atoms with Gasteiger partial charge in [0, 0.05) is 31.1 Å². The molecule has 0 saturated heterocycles. The van der Waals surface area contributed by atoms with E-state index < -0.39 is 0 Å². The number of hydrogen-bond donors (Lipinski definition) is 1. The molecule has 4 nitrogen and oxygen atoms in total. The molecule has 1 aliphatic rings. The first-order valence-corrected chi connectivity index (χ1v) is 8.18. The summed E-state index contributed by atoms with van der Waals surface area (Å²) in [7, 11) is 1.74. The molecule has 21 heavy (non-hydrogen) atoms. The van der Waals surface area contributed by atoms with Gasteiger partial charge in [-0.2, -0.15) is 0 Å². The van der Waals surface area contributed by atoms with Crippen LogP contribution in [0.2, 0.25) is 0 Å². The van der Waals surface area contributed by atoms with Crippen LogP contribution < -0.4 is 5.32 Å². The van der Waals surface area contributed by atoms with E-state index in [2.05, 4.69) is 33.0 Å². The van der Waals surface area contributed by atoms with Crippen LogP contribution in [0.1, 0.15) is 74.3 Å². The lowest BCUT2D eigenvalue weighted by molar-refractivity contribution is 0.0872. The van der Waals surface area contributed by atoms with Crippen LogP contribution in [-0.2, 0) is 4.74 Å². The van der Waals surface area contributed by atoms with Crippen molar-refractivity contribution in [3.63, 3.8) is 0 Å². The number of rotatable bonds is 8. The molecule has 118 valence electrons. The maximum absolute atomic E-state index is 5.54. The van der Waals surface area contributed by atoms with E-state index in [1.54, 1.807) is 7.11 Å². The summed E-state index contributed by atoms with van der Waals surface area (Å²) in [5, 5.41) is 3.60. The smallest absolute Gasteiger partial charge is 0.157 e. The predicted molar refractivity (Wildman–Crippen MR) is 85.6 cm³/mol. The van der Waals surface area contributed by atoms with E-state index in [1.165, 1.54) is 18.4 Å². The first-order valence-electron chi connectivity index (χ1n) is 8.18. The summed E-state index contributed by atoms with van der Waals surface area (Å²) >= 11 is 0. The van der Waals surface area contributed by atoms with Crippen LogP contribution in [0.3, 0.4) is 0 Å². The van der Waals surface area contributed by atoms with E-state index in [9.17, 15) is 0 Å². The van der Waals surface area contributed by atoms with Gasteiger partial charge in [0.25, 0.3) is 0 Å². The lowest BCUT2D eigenvalue weighted by atomic mass is 9.97. The highest BCUT2D eigenvalue weighted by molar-refractivity contribution is 5.28. The number of hydrogen-bond acceptors (Lipinski definition) is 4. The monoisotopic (exact) mass is 291 g/mol. The van der Waals surface area contributed by atoms with Crippen molar-refractivity contribution in [1.29, 1.82) is 0 Å². The minimum atomic E-state index is 0.0151. The van der Waals surface area contributed by atoms with Crippen molar-refractivity contribution in [1.82, 2.24) is 15.3 Å². The van der Waals surface area contributed by atoms with E-state index in [0.717, 1.165) is 42.6 Å². The molecule has 1 aromatic rings. The van der Waals surface area contributed by atoms with Crippen LogP contribution in [0.4, 0.5) is 0 Å². The maximum Gasteiger partial charge on any atom is 0.157 e. The van der Waals surface area contributed by atoms with Gasteiger partial charge in [-0.05, 0) is 44.6 Å². The molecule has 2 atom stereocenters. The molecular weight excluding hydrogens is 262 g/mol.